The lowest BCUT2D eigenvalue weighted by atomic mass is 10.1. The topological polar surface area (TPSA) is 124 Å². The molecule has 10 heteroatoms. The van der Waals surface area contributed by atoms with Crippen molar-refractivity contribution in [1.29, 1.82) is 0 Å². The van der Waals surface area contributed by atoms with Crippen LogP contribution in [0.1, 0.15) is 11.1 Å². The second-order valence-corrected chi connectivity index (χ2v) is 7.47. The number of rotatable bonds is 5. The molecule has 0 unspecified atom stereocenters. The van der Waals surface area contributed by atoms with Crippen LogP contribution in [0, 0.1) is 20.2 Å². The first-order valence-corrected chi connectivity index (χ1v) is 8.90. The number of nitrogens with zero attached hydrogens (tertiary/aromatic N) is 3. The molecule has 1 aliphatic rings. The zero-order chi connectivity index (χ0) is 18.2. The standard InChI is InChI=1S/C15H13N3O6S/c19-17(20)13-4-1-11(2-5-13)10-25(23,24)16-8-7-12-3-6-14(18(21)22)9-15(12)16/h1-6,9H,7-8,10H2. The molecule has 0 fully saturated rings. The molecule has 9 nitrogen and oxygen atoms in total. The summed E-state index contributed by atoms with van der Waals surface area (Å²) in [5, 5.41) is 21.6. The predicted molar refractivity (Wildman–Crippen MR) is 89.9 cm³/mol. The second-order valence-electron chi connectivity index (χ2n) is 5.57. The first-order chi connectivity index (χ1) is 11.8. The average molecular weight is 363 g/mol. The van der Waals surface area contributed by atoms with Gasteiger partial charge in [-0.2, -0.15) is 0 Å². The van der Waals surface area contributed by atoms with E-state index in [9.17, 15) is 28.6 Å². The van der Waals surface area contributed by atoms with E-state index in [4.69, 9.17) is 0 Å². The fraction of sp³-hybridized carbons (Fsp3) is 0.200. The molecular formula is C15H13N3O6S. The van der Waals surface area contributed by atoms with Gasteiger partial charge in [0.25, 0.3) is 11.4 Å². The summed E-state index contributed by atoms with van der Waals surface area (Å²) >= 11 is 0. The lowest BCUT2D eigenvalue weighted by molar-refractivity contribution is -0.385. The number of nitro groups is 2. The van der Waals surface area contributed by atoms with Crippen LogP contribution in [0.5, 0.6) is 0 Å². The molecule has 0 aromatic heterocycles. The molecule has 0 saturated heterocycles. The monoisotopic (exact) mass is 363 g/mol. The highest BCUT2D eigenvalue weighted by atomic mass is 32.2. The lowest BCUT2D eigenvalue weighted by Crippen LogP contribution is -2.30. The molecule has 0 saturated carbocycles. The Morgan fingerprint density at radius 3 is 2.16 bits per heavy atom. The molecule has 0 radical (unpaired) electrons. The van der Waals surface area contributed by atoms with E-state index < -0.39 is 19.9 Å². The Kier molecular flexibility index (Phi) is 4.13. The van der Waals surface area contributed by atoms with Gasteiger partial charge in [-0.3, -0.25) is 24.5 Å². The Balaban J connectivity index is 1.88. The Morgan fingerprint density at radius 1 is 0.960 bits per heavy atom. The van der Waals surface area contributed by atoms with Gasteiger partial charge in [-0.05, 0) is 17.5 Å². The number of sulfonamides is 1. The maximum absolute atomic E-state index is 12.7. The van der Waals surface area contributed by atoms with Gasteiger partial charge < -0.3 is 0 Å². The molecule has 0 aliphatic carbocycles. The summed E-state index contributed by atoms with van der Waals surface area (Å²) in [6.07, 6.45) is 0.479. The van der Waals surface area contributed by atoms with Crippen LogP contribution in [0.3, 0.4) is 0 Å². The number of benzene rings is 2. The van der Waals surface area contributed by atoms with Crippen molar-refractivity contribution in [3.8, 4) is 0 Å². The summed E-state index contributed by atoms with van der Waals surface area (Å²) in [6, 6.07) is 9.44. The number of fused-ring (bicyclic) bond motifs is 1. The highest BCUT2D eigenvalue weighted by Crippen LogP contribution is 2.34. The molecule has 1 heterocycles. The van der Waals surface area contributed by atoms with E-state index in [2.05, 4.69) is 0 Å². The van der Waals surface area contributed by atoms with E-state index >= 15 is 0 Å². The van der Waals surface area contributed by atoms with Crippen LogP contribution in [0.25, 0.3) is 0 Å². The van der Waals surface area contributed by atoms with Gasteiger partial charge in [-0.15, -0.1) is 0 Å². The largest absolute Gasteiger partial charge is 0.271 e. The van der Waals surface area contributed by atoms with Gasteiger partial charge in [0.15, 0.2) is 0 Å². The molecular weight excluding hydrogens is 350 g/mol. The Morgan fingerprint density at radius 2 is 1.56 bits per heavy atom. The van der Waals surface area contributed by atoms with Gasteiger partial charge in [0.05, 0.1) is 21.3 Å². The van der Waals surface area contributed by atoms with Crippen LogP contribution in [-0.4, -0.2) is 24.8 Å². The molecule has 3 rings (SSSR count). The van der Waals surface area contributed by atoms with Gasteiger partial charge in [0, 0.05) is 30.8 Å². The molecule has 25 heavy (non-hydrogen) atoms. The lowest BCUT2D eigenvalue weighted by Gasteiger charge is -2.19. The van der Waals surface area contributed by atoms with E-state index in [0.29, 0.717) is 17.7 Å². The zero-order valence-corrected chi connectivity index (χ0v) is 13.7. The van der Waals surface area contributed by atoms with Crippen molar-refractivity contribution >= 4 is 27.1 Å². The van der Waals surface area contributed by atoms with Crippen molar-refractivity contribution in [3.05, 3.63) is 73.8 Å². The van der Waals surface area contributed by atoms with Crippen molar-refractivity contribution < 1.29 is 18.3 Å². The van der Waals surface area contributed by atoms with Crippen molar-refractivity contribution in [2.24, 2.45) is 0 Å². The summed E-state index contributed by atoms with van der Waals surface area (Å²) in [6.45, 7) is 0.214. The van der Waals surface area contributed by atoms with E-state index in [1.54, 1.807) is 6.07 Å². The molecule has 0 spiro atoms. The smallest absolute Gasteiger partial charge is 0.269 e. The maximum Gasteiger partial charge on any atom is 0.271 e. The summed E-state index contributed by atoms with van der Waals surface area (Å²) in [5.41, 5.74) is 1.16. The predicted octanol–water partition coefficient (Wildman–Crippen LogP) is 2.40. The van der Waals surface area contributed by atoms with E-state index in [-0.39, 0.29) is 23.7 Å². The first kappa shape index (κ1) is 16.8. The number of hydrogen-bond donors (Lipinski definition) is 0. The van der Waals surface area contributed by atoms with Crippen molar-refractivity contribution in [2.45, 2.75) is 12.2 Å². The van der Waals surface area contributed by atoms with Crippen molar-refractivity contribution in [2.75, 3.05) is 10.8 Å². The molecule has 0 bridgehead atoms. The van der Waals surface area contributed by atoms with Crippen LogP contribution in [-0.2, 0) is 22.2 Å². The highest BCUT2D eigenvalue weighted by molar-refractivity contribution is 7.92. The second kappa shape index (κ2) is 6.13. The zero-order valence-electron chi connectivity index (χ0n) is 12.9. The molecule has 130 valence electrons. The van der Waals surface area contributed by atoms with Crippen LogP contribution >= 0.6 is 0 Å². The van der Waals surface area contributed by atoms with E-state index in [0.717, 1.165) is 9.87 Å². The molecule has 2 aromatic rings. The molecule has 0 amide bonds. The van der Waals surface area contributed by atoms with Crippen LogP contribution < -0.4 is 4.31 Å². The molecule has 0 atom stereocenters. The van der Waals surface area contributed by atoms with Crippen LogP contribution in [0.4, 0.5) is 17.1 Å². The highest BCUT2D eigenvalue weighted by Gasteiger charge is 2.31. The fourth-order valence-electron chi connectivity index (χ4n) is 2.74. The maximum atomic E-state index is 12.7. The van der Waals surface area contributed by atoms with Crippen molar-refractivity contribution in [3.63, 3.8) is 0 Å². The molecule has 0 N–H and O–H groups in total. The Hall–Kier alpha value is -3.01. The van der Waals surface area contributed by atoms with Gasteiger partial charge >= 0.3 is 0 Å². The minimum absolute atomic E-state index is 0.122. The van der Waals surface area contributed by atoms with E-state index in [1.807, 2.05) is 0 Å². The number of anilines is 1. The SMILES string of the molecule is O=[N+]([O-])c1ccc(CS(=O)(=O)N2CCc3ccc([N+](=O)[O-])cc32)cc1. The summed E-state index contributed by atoms with van der Waals surface area (Å²) < 4.78 is 26.5. The normalized spacial score (nSPS) is 13.5. The minimum atomic E-state index is -3.76. The molecule has 1 aliphatic heterocycles. The quantitative estimate of drug-likeness (QED) is 0.593. The minimum Gasteiger partial charge on any atom is -0.269 e. The van der Waals surface area contributed by atoms with Crippen molar-refractivity contribution in [1.82, 2.24) is 0 Å². The van der Waals surface area contributed by atoms with Crippen LogP contribution in [0.15, 0.2) is 42.5 Å². The van der Waals surface area contributed by atoms with Crippen LogP contribution in [0.2, 0.25) is 0 Å². The average Bonchev–Trinajstić information content (AvgIpc) is 2.98. The number of nitro benzene ring substituents is 2. The Bertz CT molecular complexity index is 956. The molecule has 2 aromatic carbocycles. The first-order valence-electron chi connectivity index (χ1n) is 7.29. The third-order valence-corrected chi connectivity index (χ3v) is 5.71. The van der Waals surface area contributed by atoms with Gasteiger partial charge in [-0.1, -0.05) is 18.2 Å². The summed E-state index contributed by atoms with van der Waals surface area (Å²) in [5.74, 6) is -0.340. The fourth-order valence-corrected chi connectivity index (χ4v) is 4.35. The number of non-ortho nitro benzene ring substituents is 2. The third kappa shape index (κ3) is 3.29. The third-order valence-electron chi connectivity index (χ3n) is 3.96. The van der Waals surface area contributed by atoms with Gasteiger partial charge in [0.1, 0.15) is 0 Å². The summed E-state index contributed by atoms with van der Waals surface area (Å²) in [4.78, 5) is 20.4. The van der Waals surface area contributed by atoms with Gasteiger partial charge in [-0.25, -0.2) is 8.42 Å². The number of hydrogen-bond acceptors (Lipinski definition) is 6. The van der Waals surface area contributed by atoms with E-state index in [1.165, 1.54) is 36.4 Å². The Labute approximate surface area is 142 Å². The summed E-state index contributed by atoms with van der Waals surface area (Å²) in [7, 11) is -3.76. The van der Waals surface area contributed by atoms with Gasteiger partial charge in [0.2, 0.25) is 10.0 Å².